The molecule has 0 unspecified atom stereocenters. The molecule has 0 saturated heterocycles. The van der Waals surface area contributed by atoms with E-state index in [1.807, 2.05) is 24.3 Å². The van der Waals surface area contributed by atoms with Crippen LogP contribution in [0.5, 0.6) is 5.75 Å². The minimum Gasteiger partial charge on any atom is -0.496 e. The fraction of sp³-hybridized carbons (Fsp3) is 0.524. The van der Waals surface area contributed by atoms with E-state index in [-0.39, 0.29) is 18.1 Å². The summed E-state index contributed by atoms with van der Waals surface area (Å²) in [5, 5.41) is 5.52. The van der Waals surface area contributed by atoms with Gasteiger partial charge in [-0.2, -0.15) is 0 Å². The Morgan fingerprint density at radius 1 is 1.15 bits per heavy atom. The number of hydrogen-bond acceptors (Lipinski definition) is 4. The Balaban J connectivity index is 1.87. The lowest BCUT2D eigenvalue weighted by Gasteiger charge is -2.33. The molecule has 0 aromatic heterocycles. The van der Waals surface area contributed by atoms with Crippen molar-refractivity contribution < 1.29 is 19.1 Å². The van der Waals surface area contributed by atoms with E-state index in [0.29, 0.717) is 28.9 Å². The van der Waals surface area contributed by atoms with E-state index in [9.17, 15) is 9.59 Å². The zero-order valence-corrected chi connectivity index (χ0v) is 16.4. The maximum absolute atomic E-state index is 13.0. The molecular weight excluding hydrogens is 344 g/mol. The van der Waals surface area contributed by atoms with Gasteiger partial charge in [0.2, 0.25) is 0 Å². The summed E-state index contributed by atoms with van der Waals surface area (Å²) < 4.78 is 11.3. The summed E-state index contributed by atoms with van der Waals surface area (Å²) in [5.74, 6) is 1.41. The summed E-state index contributed by atoms with van der Waals surface area (Å²) in [6.45, 7) is 6.17. The second-order valence-corrected chi connectivity index (χ2v) is 7.61. The van der Waals surface area contributed by atoms with Gasteiger partial charge in [-0.05, 0) is 44.1 Å². The van der Waals surface area contributed by atoms with Crippen LogP contribution in [-0.4, -0.2) is 25.2 Å². The molecule has 1 heterocycles. The number of carbonyl (C=O) groups excluding carboxylic acids is 2. The highest BCUT2D eigenvalue weighted by molar-refractivity contribution is 5.95. The van der Waals surface area contributed by atoms with Crippen molar-refractivity contribution >= 4 is 12.0 Å². The average molecular weight is 372 g/mol. The van der Waals surface area contributed by atoms with Crippen LogP contribution in [0, 0.1) is 11.8 Å². The largest absolute Gasteiger partial charge is 0.496 e. The van der Waals surface area contributed by atoms with Gasteiger partial charge in [0.1, 0.15) is 11.9 Å². The number of benzene rings is 1. The summed E-state index contributed by atoms with van der Waals surface area (Å²) in [5.41, 5.74) is 1.66. The predicted octanol–water partition coefficient (Wildman–Crippen LogP) is 3.69. The zero-order valence-electron chi connectivity index (χ0n) is 16.4. The first-order valence-corrected chi connectivity index (χ1v) is 9.52. The summed E-state index contributed by atoms with van der Waals surface area (Å²) in [7, 11) is 1.57. The Morgan fingerprint density at radius 3 is 2.59 bits per heavy atom. The van der Waals surface area contributed by atoms with Gasteiger partial charge in [-0.25, -0.2) is 9.59 Å². The fourth-order valence-corrected chi connectivity index (χ4v) is 3.92. The molecule has 6 nitrogen and oxygen atoms in total. The number of nitrogens with one attached hydrogen (secondary N) is 2. The van der Waals surface area contributed by atoms with Crippen molar-refractivity contribution in [2.24, 2.45) is 11.8 Å². The minimum absolute atomic E-state index is 0.0834. The van der Waals surface area contributed by atoms with Crippen molar-refractivity contribution in [2.45, 2.75) is 52.2 Å². The van der Waals surface area contributed by atoms with Crippen LogP contribution >= 0.6 is 0 Å². The standard InChI is InChI=1S/C21H28N2O4/c1-12-9-10-15(11-13(12)2)27-20(24)18-14(3)22-21(25)23-19(18)16-7-5-6-8-17(16)26-4/h5-8,12-13,15,19H,9-11H2,1-4H3,(H2,22,23,25)/t12-,13+,15+,19-/m0/s1. The second kappa shape index (κ2) is 8.03. The first-order chi connectivity index (χ1) is 12.9. The van der Waals surface area contributed by atoms with Crippen molar-refractivity contribution in [3.8, 4) is 5.75 Å². The van der Waals surface area contributed by atoms with Gasteiger partial charge in [-0.1, -0.05) is 32.0 Å². The second-order valence-electron chi connectivity index (χ2n) is 7.61. The van der Waals surface area contributed by atoms with Gasteiger partial charge in [0, 0.05) is 11.3 Å². The Morgan fingerprint density at radius 2 is 1.89 bits per heavy atom. The van der Waals surface area contributed by atoms with Crippen molar-refractivity contribution in [1.29, 1.82) is 0 Å². The van der Waals surface area contributed by atoms with Crippen LogP contribution < -0.4 is 15.4 Å². The van der Waals surface area contributed by atoms with Gasteiger partial charge in [0.15, 0.2) is 0 Å². The molecule has 1 aliphatic heterocycles. The Bertz CT molecular complexity index is 758. The number of ether oxygens (including phenoxy) is 2. The molecule has 1 aromatic carbocycles. The Labute approximate surface area is 160 Å². The number of allylic oxidation sites excluding steroid dienone is 1. The van der Waals surface area contributed by atoms with E-state index in [4.69, 9.17) is 9.47 Å². The monoisotopic (exact) mass is 372 g/mol. The molecule has 2 aliphatic rings. The predicted molar refractivity (Wildman–Crippen MR) is 102 cm³/mol. The van der Waals surface area contributed by atoms with Gasteiger partial charge in [0.05, 0.1) is 18.7 Å². The molecule has 1 fully saturated rings. The van der Waals surface area contributed by atoms with E-state index in [1.165, 1.54) is 0 Å². The van der Waals surface area contributed by atoms with Gasteiger partial charge >= 0.3 is 12.0 Å². The number of esters is 1. The molecule has 2 amide bonds. The molecule has 4 atom stereocenters. The number of carbonyl (C=O) groups is 2. The summed E-state index contributed by atoms with van der Waals surface area (Å²) in [6.07, 6.45) is 2.73. The SMILES string of the molecule is COc1ccccc1[C@@H]1NC(=O)NC(C)=C1C(=O)O[C@@H]1CC[C@H](C)[C@H](C)C1. The van der Waals surface area contributed by atoms with Gasteiger partial charge in [-0.15, -0.1) is 0 Å². The van der Waals surface area contributed by atoms with Crippen molar-refractivity contribution in [3.05, 3.63) is 41.1 Å². The summed E-state index contributed by atoms with van der Waals surface area (Å²) >= 11 is 0. The highest BCUT2D eigenvalue weighted by Crippen LogP contribution is 2.35. The Hall–Kier alpha value is -2.50. The first kappa shape index (κ1) is 19.3. The van der Waals surface area contributed by atoms with Gasteiger partial charge < -0.3 is 20.1 Å². The number of amides is 2. The van der Waals surface area contributed by atoms with Crippen molar-refractivity contribution in [3.63, 3.8) is 0 Å². The molecule has 0 bridgehead atoms. The average Bonchev–Trinajstić information content (AvgIpc) is 2.64. The highest BCUT2D eigenvalue weighted by atomic mass is 16.5. The topological polar surface area (TPSA) is 76.7 Å². The third kappa shape index (κ3) is 4.10. The zero-order chi connectivity index (χ0) is 19.6. The lowest BCUT2D eigenvalue weighted by molar-refractivity contribution is -0.147. The quantitative estimate of drug-likeness (QED) is 0.790. The number of methoxy groups -OCH3 is 1. The number of para-hydroxylation sites is 1. The molecule has 0 radical (unpaired) electrons. The molecular formula is C21H28N2O4. The molecule has 3 rings (SSSR count). The van der Waals surface area contributed by atoms with Crippen LogP contribution in [0.2, 0.25) is 0 Å². The van der Waals surface area contributed by atoms with Crippen LogP contribution in [-0.2, 0) is 9.53 Å². The summed E-state index contributed by atoms with van der Waals surface area (Å²) in [4.78, 5) is 25.1. The molecule has 1 aliphatic carbocycles. The normalized spacial score (nSPS) is 28.2. The van der Waals surface area contributed by atoms with Crippen LogP contribution in [0.1, 0.15) is 51.6 Å². The molecule has 1 saturated carbocycles. The van der Waals surface area contributed by atoms with E-state index < -0.39 is 6.04 Å². The van der Waals surface area contributed by atoms with E-state index in [2.05, 4.69) is 24.5 Å². The third-order valence-electron chi connectivity index (χ3n) is 5.76. The third-order valence-corrected chi connectivity index (χ3v) is 5.76. The maximum atomic E-state index is 13.0. The van der Waals surface area contributed by atoms with E-state index in [0.717, 1.165) is 24.8 Å². The number of rotatable bonds is 4. The first-order valence-electron chi connectivity index (χ1n) is 9.52. The van der Waals surface area contributed by atoms with Crippen molar-refractivity contribution in [1.82, 2.24) is 10.6 Å². The molecule has 27 heavy (non-hydrogen) atoms. The van der Waals surface area contributed by atoms with E-state index in [1.54, 1.807) is 14.0 Å². The lowest BCUT2D eigenvalue weighted by atomic mass is 9.80. The highest BCUT2D eigenvalue weighted by Gasteiger charge is 2.36. The fourth-order valence-electron chi connectivity index (χ4n) is 3.92. The summed E-state index contributed by atoms with van der Waals surface area (Å²) in [6, 6.07) is 6.41. The van der Waals surface area contributed by atoms with Crippen LogP contribution in [0.3, 0.4) is 0 Å². The Kier molecular flexibility index (Phi) is 5.73. The number of hydrogen-bond donors (Lipinski definition) is 2. The molecule has 146 valence electrons. The molecule has 1 aromatic rings. The van der Waals surface area contributed by atoms with Crippen LogP contribution in [0.25, 0.3) is 0 Å². The molecule has 2 N–H and O–H groups in total. The maximum Gasteiger partial charge on any atom is 0.338 e. The van der Waals surface area contributed by atoms with Gasteiger partial charge in [0.25, 0.3) is 0 Å². The molecule has 6 heteroatoms. The number of urea groups is 1. The van der Waals surface area contributed by atoms with Crippen LogP contribution in [0.15, 0.2) is 35.5 Å². The van der Waals surface area contributed by atoms with Crippen LogP contribution in [0.4, 0.5) is 4.79 Å². The smallest absolute Gasteiger partial charge is 0.338 e. The minimum atomic E-state index is -0.609. The van der Waals surface area contributed by atoms with Crippen molar-refractivity contribution in [2.75, 3.05) is 7.11 Å². The lowest BCUT2D eigenvalue weighted by Crippen LogP contribution is -2.46. The van der Waals surface area contributed by atoms with Gasteiger partial charge in [-0.3, -0.25) is 0 Å². The molecule has 0 spiro atoms. The van der Waals surface area contributed by atoms with E-state index >= 15 is 0 Å².